The Hall–Kier alpha value is -2.08. The van der Waals surface area contributed by atoms with E-state index in [2.05, 4.69) is 10.1 Å². The Bertz CT molecular complexity index is 608. The van der Waals surface area contributed by atoms with Crippen molar-refractivity contribution in [3.8, 4) is 5.75 Å². The van der Waals surface area contributed by atoms with Crippen LogP contribution in [0.2, 0.25) is 0 Å². The molecule has 5 nitrogen and oxygen atoms in total. The van der Waals surface area contributed by atoms with Gasteiger partial charge in [-0.3, -0.25) is 0 Å². The second-order valence-corrected chi connectivity index (χ2v) is 5.08. The van der Waals surface area contributed by atoms with Crippen LogP contribution in [0.15, 0.2) is 28.7 Å². The topological polar surface area (TPSA) is 80.7 Å². The van der Waals surface area contributed by atoms with Crippen molar-refractivity contribution in [3.05, 3.63) is 45.4 Å². The van der Waals surface area contributed by atoms with Gasteiger partial charge in [0.15, 0.2) is 5.84 Å². The monoisotopic (exact) mass is 277 g/mol. The van der Waals surface area contributed by atoms with Crippen LogP contribution in [-0.2, 0) is 6.61 Å². The molecule has 0 spiro atoms. The third-order valence-corrected chi connectivity index (χ3v) is 3.55. The fraction of sp³-hybridized carbons (Fsp3) is 0.231. The largest absolute Gasteiger partial charge is 0.486 e. The zero-order chi connectivity index (χ0) is 13.8. The van der Waals surface area contributed by atoms with Crippen LogP contribution in [0.25, 0.3) is 0 Å². The molecule has 6 heteroatoms. The SMILES string of the molecule is Cc1csc(COc2cc(/C(N)=N/O)ccc2C)n1. The third-order valence-electron chi connectivity index (χ3n) is 2.61. The number of rotatable bonds is 4. The summed E-state index contributed by atoms with van der Waals surface area (Å²) in [6.07, 6.45) is 0. The van der Waals surface area contributed by atoms with E-state index in [1.54, 1.807) is 23.5 Å². The fourth-order valence-electron chi connectivity index (χ4n) is 1.58. The Morgan fingerprint density at radius 2 is 2.26 bits per heavy atom. The third kappa shape index (κ3) is 3.23. The van der Waals surface area contributed by atoms with Crippen molar-refractivity contribution in [1.82, 2.24) is 4.98 Å². The van der Waals surface area contributed by atoms with Crippen molar-refractivity contribution < 1.29 is 9.94 Å². The first-order chi connectivity index (χ1) is 9.10. The second-order valence-electron chi connectivity index (χ2n) is 4.14. The molecule has 0 unspecified atom stereocenters. The number of ether oxygens (including phenoxy) is 1. The van der Waals surface area contributed by atoms with E-state index in [9.17, 15) is 0 Å². The fourth-order valence-corrected chi connectivity index (χ4v) is 2.26. The molecule has 0 saturated carbocycles. The van der Waals surface area contributed by atoms with Gasteiger partial charge < -0.3 is 15.7 Å². The van der Waals surface area contributed by atoms with Gasteiger partial charge in [0, 0.05) is 16.6 Å². The van der Waals surface area contributed by atoms with E-state index < -0.39 is 0 Å². The summed E-state index contributed by atoms with van der Waals surface area (Å²) >= 11 is 1.57. The molecule has 1 aromatic heterocycles. The van der Waals surface area contributed by atoms with E-state index in [0.717, 1.165) is 16.3 Å². The molecule has 0 amide bonds. The van der Waals surface area contributed by atoms with Crippen molar-refractivity contribution in [3.63, 3.8) is 0 Å². The zero-order valence-electron chi connectivity index (χ0n) is 10.8. The zero-order valence-corrected chi connectivity index (χ0v) is 11.6. The van der Waals surface area contributed by atoms with Gasteiger partial charge in [-0.1, -0.05) is 17.3 Å². The lowest BCUT2D eigenvalue weighted by Gasteiger charge is -2.09. The quantitative estimate of drug-likeness (QED) is 0.389. The first-order valence-electron chi connectivity index (χ1n) is 5.72. The van der Waals surface area contributed by atoms with E-state index in [1.807, 2.05) is 25.3 Å². The van der Waals surface area contributed by atoms with Gasteiger partial charge in [0.05, 0.1) is 0 Å². The van der Waals surface area contributed by atoms with E-state index in [-0.39, 0.29) is 5.84 Å². The average Bonchev–Trinajstić information content (AvgIpc) is 2.82. The average molecular weight is 277 g/mol. The van der Waals surface area contributed by atoms with Crippen LogP contribution in [0.1, 0.15) is 21.8 Å². The summed E-state index contributed by atoms with van der Waals surface area (Å²) < 4.78 is 5.73. The Kier molecular flexibility index (Phi) is 4.01. The highest BCUT2D eigenvalue weighted by Crippen LogP contribution is 2.21. The van der Waals surface area contributed by atoms with E-state index >= 15 is 0 Å². The maximum atomic E-state index is 8.67. The van der Waals surface area contributed by atoms with Crippen molar-refractivity contribution in [2.24, 2.45) is 10.9 Å². The summed E-state index contributed by atoms with van der Waals surface area (Å²) in [7, 11) is 0. The van der Waals surface area contributed by atoms with Gasteiger partial charge in [-0.15, -0.1) is 11.3 Å². The molecule has 0 saturated heterocycles. The minimum atomic E-state index is 0.0648. The molecule has 1 heterocycles. The molecule has 0 aliphatic carbocycles. The Morgan fingerprint density at radius 3 is 2.89 bits per heavy atom. The van der Waals surface area contributed by atoms with Crippen LogP contribution in [-0.4, -0.2) is 16.0 Å². The van der Waals surface area contributed by atoms with Crippen LogP contribution < -0.4 is 10.5 Å². The molecule has 3 N–H and O–H groups in total. The van der Waals surface area contributed by atoms with Crippen molar-refractivity contribution >= 4 is 17.2 Å². The molecular formula is C13H15N3O2S. The summed E-state index contributed by atoms with van der Waals surface area (Å²) in [6.45, 7) is 4.31. The van der Waals surface area contributed by atoms with E-state index in [1.165, 1.54) is 0 Å². The molecule has 2 rings (SSSR count). The number of aromatic nitrogens is 1. The number of benzene rings is 1. The number of nitrogens with two attached hydrogens (primary N) is 1. The maximum absolute atomic E-state index is 8.67. The van der Waals surface area contributed by atoms with Gasteiger partial charge in [-0.2, -0.15) is 0 Å². The van der Waals surface area contributed by atoms with Gasteiger partial charge in [0.2, 0.25) is 0 Å². The molecule has 100 valence electrons. The first kappa shape index (κ1) is 13.4. The minimum Gasteiger partial charge on any atom is -0.486 e. The first-order valence-corrected chi connectivity index (χ1v) is 6.60. The number of nitrogens with zero attached hydrogens (tertiary/aromatic N) is 2. The number of amidine groups is 1. The molecular weight excluding hydrogens is 262 g/mol. The molecule has 0 radical (unpaired) electrons. The van der Waals surface area contributed by atoms with E-state index in [0.29, 0.717) is 17.9 Å². The molecule has 0 atom stereocenters. The lowest BCUT2D eigenvalue weighted by atomic mass is 10.1. The second kappa shape index (κ2) is 5.71. The summed E-state index contributed by atoms with van der Waals surface area (Å²) in [6, 6.07) is 5.41. The number of oxime groups is 1. The van der Waals surface area contributed by atoms with Crippen LogP contribution >= 0.6 is 11.3 Å². The van der Waals surface area contributed by atoms with Gasteiger partial charge in [-0.05, 0) is 25.5 Å². The van der Waals surface area contributed by atoms with Gasteiger partial charge >= 0.3 is 0 Å². The number of hydrogen-bond donors (Lipinski definition) is 2. The van der Waals surface area contributed by atoms with Crippen LogP contribution in [0.5, 0.6) is 5.75 Å². The number of thiazole rings is 1. The lowest BCUT2D eigenvalue weighted by Crippen LogP contribution is -2.13. The van der Waals surface area contributed by atoms with Gasteiger partial charge in [-0.25, -0.2) is 4.98 Å². The number of aryl methyl sites for hydroxylation is 2. The minimum absolute atomic E-state index is 0.0648. The predicted molar refractivity (Wildman–Crippen MR) is 74.9 cm³/mol. The summed E-state index contributed by atoms with van der Waals surface area (Å²) in [5.74, 6) is 0.770. The molecule has 0 fully saturated rings. The van der Waals surface area contributed by atoms with Gasteiger partial charge in [0.25, 0.3) is 0 Å². The Balaban J connectivity index is 2.15. The predicted octanol–water partition coefficient (Wildman–Crippen LogP) is 2.43. The lowest BCUT2D eigenvalue weighted by molar-refractivity contribution is 0.303. The van der Waals surface area contributed by atoms with Gasteiger partial charge in [0.1, 0.15) is 17.4 Å². The highest BCUT2D eigenvalue weighted by molar-refractivity contribution is 7.09. The van der Waals surface area contributed by atoms with Crippen molar-refractivity contribution in [2.45, 2.75) is 20.5 Å². The van der Waals surface area contributed by atoms with Crippen LogP contribution in [0.3, 0.4) is 0 Å². The normalized spacial score (nSPS) is 11.6. The molecule has 0 aliphatic rings. The number of hydrogen-bond acceptors (Lipinski definition) is 5. The van der Waals surface area contributed by atoms with Crippen LogP contribution in [0.4, 0.5) is 0 Å². The molecule has 0 bridgehead atoms. The summed E-state index contributed by atoms with van der Waals surface area (Å²) in [5, 5.41) is 14.6. The molecule has 19 heavy (non-hydrogen) atoms. The Labute approximate surface area is 115 Å². The van der Waals surface area contributed by atoms with E-state index in [4.69, 9.17) is 15.7 Å². The van der Waals surface area contributed by atoms with Crippen molar-refractivity contribution in [2.75, 3.05) is 0 Å². The molecule has 2 aromatic rings. The van der Waals surface area contributed by atoms with Crippen LogP contribution in [0, 0.1) is 13.8 Å². The standard InChI is InChI=1S/C13H15N3O2S/c1-8-3-4-10(13(14)16-17)5-11(8)18-6-12-15-9(2)7-19-12/h3-5,7,17H,6H2,1-2H3,(H2,14,16). The molecule has 1 aromatic carbocycles. The smallest absolute Gasteiger partial charge is 0.170 e. The maximum Gasteiger partial charge on any atom is 0.170 e. The Morgan fingerprint density at radius 1 is 1.47 bits per heavy atom. The van der Waals surface area contributed by atoms with Crippen molar-refractivity contribution in [1.29, 1.82) is 0 Å². The highest BCUT2D eigenvalue weighted by Gasteiger charge is 2.06. The summed E-state index contributed by atoms with van der Waals surface area (Å²) in [4.78, 5) is 4.33. The summed E-state index contributed by atoms with van der Waals surface area (Å²) in [5.41, 5.74) is 8.16. The molecule has 0 aliphatic heterocycles. The highest BCUT2D eigenvalue weighted by atomic mass is 32.1.